The maximum atomic E-state index is 13.0. The molecule has 1 saturated carbocycles. The lowest BCUT2D eigenvalue weighted by Gasteiger charge is -2.19. The van der Waals surface area contributed by atoms with Gasteiger partial charge in [-0.3, -0.25) is 19.1 Å². The van der Waals surface area contributed by atoms with Crippen molar-refractivity contribution >= 4 is 16.9 Å². The summed E-state index contributed by atoms with van der Waals surface area (Å²) in [6.07, 6.45) is 4.24. The van der Waals surface area contributed by atoms with E-state index >= 15 is 0 Å². The molecule has 0 saturated heterocycles. The average molecular weight is 408 g/mol. The molecule has 1 aliphatic carbocycles. The zero-order valence-corrected chi connectivity index (χ0v) is 17.0. The number of aromatic amines is 1. The van der Waals surface area contributed by atoms with Crippen molar-refractivity contribution in [1.29, 1.82) is 0 Å². The van der Waals surface area contributed by atoms with Gasteiger partial charge in [-0.1, -0.05) is 19.1 Å². The number of carbonyl (C=O) groups is 1. The number of aromatic nitrogens is 3. The third kappa shape index (κ3) is 3.85. The predicted molar refractivity (Wildman–Crippen MR) is 113 cm³/mol. The minimum absolute atomic E-state index is 0.119. The fraction of sp³-hybridized carbons (Fsp3) is 0.364. The Bertz CT molecular complexity index is 1190. The highest BCUT2D eigenvalue weighted by Gasteiger charge is 2.33. The molecule has 8 nitrogen and oxygen atoms in total. The van der Waals surface area contributed by atoms with Gasteiger partial charge in [0.15, 0.2) is 0 Å². The van der Waals surface area contributed by atoms with Crippen molar-refractivity contribution in [2.24, 2.45) is 5.92 Å². The van der Waals surface area contributed by atoms with Crippen LogP contribution in [0.3, 0.4) is 0 Å². The van der Waals surface area contributed by atoms with Crippen LogP contribution < -0.4 is 21.3 Å². The minimum Gasteiger partial charge on any atom is -0.497 e. The van der Waals surface area contributed by atoms with Gasteiger partial charge in [0, 0.05) is 12.7 Å². The molecule has 0 spiro atoms. The number of benzene rings is 1. The number of hydrogen-bond acceptors (Lipinski definition) is 5. The first kappa shape index (κ1) is 19.9. The van der Waals surface area contributed by atoms with Crippen molar-refractivity contribution in [3.8, 4) is 5.75 Å². The Hall–Kier alpha value is -3.42. The van der Waals surface area contributed by atoms with Gasteiger partial charge in [0.25, 0.3) is 11.5 Å². The molecule has 0 aliphatic heterocycles. The summed E-state index contributed by atoms with van der Waals surface area (Å²) >= 11 is 0. The Morgan fingerprint density at radius 1 is 1.30 bits per heavy atom. The maximum Gasteiger partial charge on any atom is 0.329 e. The number of hydrogen-bond donors (Lipinski definition) is 2. The molecular weight excluding hydrogens is 384 g/mol. The van der Waals surface area contributed by atoms with Gasteiger partial charge >= 0.3 is 5.69 Å². The number of nitrogens with one attached hydrogen (secondary N) is 2. The van der Waals surface area contributed by atoms with E-state index in [1.165, 1.54) is 16.8 Å². The van der Waals surface area contributed by atoms with Gasteiger partial charge in [-0.25, -0.2) is 9.78 Å². The van der Waals surface area contributed by atoms with E-state index < -0.39 is 11.2 Å². The maximum absolute atomic E-state index is 13.0. The van der Waals surface area contributed by atoms with Gasteiger partial charge in [-0.05, 0) is 48.9 Å². The Labute approximate surface area is 172 Å². The monoisotopic (exact) mass is 408 g/mol. The SMILES string of the molecule is CCCn1c(=O)[nH]c(=O)c2cc(C(=O)NC(c3ccc(OC)cc3)C3CC3)cnc21. The molecule has 0 bridgehead atoms. The second-order valence-electron chi connectivity index (χ2n) is 7.57. The fourth-order valence-corrected chi connectivity index (χ4v) is 3.66. The summed E-state index contributed by atoms with van der Waals surface area (Å²) in [5, 5.41) is 3.31. The second kappa shape index (κ2) is 8.14. The van der Waals surface area contributed by atoms with Crippen molar-refractivity contribution < 1.29 is 9.53 Å². The standard InChI is InChI=1S/C22H24N4O4/c1-3-10-26-19-17(21(28)25-22(26)29)11-15(12-23-19)20(27)24-18(13-4-5-13)14-6-8-16(30-2)9-7-14/h6-9,11-13,18H,3-5,10H2,1-2H3,(H,24,27)(H,25,28,29). The van der Waals surface area contributed by atoms with Crippen LogP contribution in [-0.2, 0) is 6.54 Å². The lowest BCUT2D eigenvalue weighted by atomic mass is 10.0. The highest BCUT2D eigenvalue weighted by Crippen LogP contribution is 2.41. The molecule has 30 heavy (non-hydrogen) atoms. The molecule has 3 aromatic rings. The smallest absolute Gasteiger partial charge is 0.329 e. The van der Waals surface area contributed by atoms with Crippen LogP contribution in [0.2, 0.25) is 0 Å². The van der Waals surface area contributed by atoms with E-state index in [2.05, 4.69) is 15.3 Å². The van der Waals surface area contributed by atoms with Gasteiger partial charge in [-0.15, -0.1) is 0 Å². The minimum atomic E-state index is -0.543. The molecule has 1 atom stereocenters. The molecule has 156 valence electrons. The normalized spacial score (nSPS) is 14.5. The van der Waals surface area contributed by atoms with Crippen molar-refractivity contribution in [2.45, 2.75) is 38.8 Å². The van der Waals surface area contributed by atoms with Crippen molar-refractivity contribution in [2.75, 3.05) is 7.11 Å². The molecule has 1 amide bonds. The number of rotatable bonds is 7. The quantitative estimate of drug-likeness (QED) is 0.624. The van der Waals surface area contributed by atoms with Crippen LogP contribution in [0.5, 0.6) is 5.75 Å². The summed E-state index contributed by atoms with van der Waals surface area (Å²) in [7, 11) is 1.61. The number of H-pyrrole nitrogens is 1. The largest absolute Gasteiger partial charge is 0.497 e. The fourth-order valence-electron chi connectivity index (χ4n) is 3.66. The van der Waals surface area contributed by atoms with Gasteiger partial charge in [-0.2, -0.15) is 0 Å². The number of amides is 1. The second-order valence-corrected chi connectivity index (χ2v) is 7.57. The van der Waals surface area contributed by atoms with Gasteiger partial charge in [0.05, 0.1) is 24.1 Å². The van der Waals surface area contributed by atoms with E-state index in [9.17, 15) is 14.4 Å². The zero-order valence-electron chi connectivity index (χ0n) is 17.0. The number of carbonyl (C=O) groups excluding carboxylic acids is 1. The summed E-state index contributed by atoms with van der Waals surface area (Å²) < 4.78 is 6.63. The Kier molecular flexibility index (Phi) is 5.39. The zero-order chi connectivity index (χ0) is 21.3. The van der Waals surface area contributed by atoms with E-state index in [1.54, 1.807) is 7.11 Å². The van der Waals surface area contributed by atoms with Crippen molar-refractivity contribution in [1.82, 2.24) is 19.9 Å². The predicted octanol–water partition coefficient (Wildman–Crippen LogP) is 2.38. The molecule has 1 unspecified atom stereocenters. The number of fused-ring (bicyclic) bond motifs is 1. The lowest BCUT2D eigenvalue weighted by Crippen LogP contribution is -2.32. The van der Waals surface area contributed by atoms with Crippen molar-refractivity contribution in [3.05, 3.63) is 68.5 Å². The number of ether oxygens (including phenoxy) is 1. The highest BCUT2D eigenvalue weighted by molar-refractivity contribution is 5.97. The molecule has 1 aliphatic rings. The number of aryl methyl sites for hydroxylation is 1. The molecule has 2 N–H and O–H groups in total. The number of nitrogens with zero attached hydrogens (tertiary/aromatic N) is 2. The topological polar surface area (TPSA) is 106 Å². The van der Waals surface area contributed by atoms with Crippen LogP contribution in [0.1, 0.15) is 48.1 Å². The molecular formula is C22H24N4O4. The lowest BCUT2D eigenvalue weighted by molar-refractivity contribution is 0.0931. The molecule has 2 heterocycles. The summed E-state index contributed by atoms with van der Waals surface area (Å²) in [4.78, 5) is 43.9. The van der Waals surface area contributed by atoms with E-state index in [4.69, 9.17) is 4.74 Å². The van der Waals surface area contributed by atoms with Crippen LogP contribution in [0, 0.1) is 5.92 Å². The van der Waals surface area contributed by atoms with Gasteiger partial charge < -0.3 is 10.1 Å². The molecule has 8 heteroatoms. The van der Waals surface area contributed by atoms with Gasteiger partial charge in [0.2, 0.25) is 0 Å². The van der Waals surface area contributed by atoms with Crippen molar-refractivity contribution in [3.63, 3.8) is 0 Å². The highest BCUT2D eigenvalue weighted by atomic mass is 16.5. The molecule has 0 radical (unpaired) electrons. The van der Waals surface area contributed by atoms with Crippen LogP contribution in [0.25, 0.3) is 11.0 Å². The van der Waals surface area contributed by atoms with E-state index in [0.29, 0.717) is 12.5 Å². The van der Waals surface area contributed by atoms with Gasteiger partial charge in [0.1, 0.15) is 11.4 Å². The summed E-state index contributed by atoms with van der Waals surface area (Å²) in [6, 6.07) is 9.04. The van der Waals surface area contributed by atoms with Crippen LogP contribution in [0.4, 0.5) is 0 Å². The third-order valence-electron chi connectivity index (χ3n) is 5.40. The van der Waals surface area contributed by atoms with E-state index in [-0.39, 0.29) is 28.5 Å². The summed E-state index contributed by atoms with van der Waals surface area (Å²) in [5.74, 6) is 0.842. The average Bonchev–Trinajstić information content (AvgIpc) is 3.60. The first-order valence-corrected chi connectivity index (χ1v) is 10.1. The molecule has 4 rings (SSSR count). The first-order valence-electron chi connectivity index (χ1n) is 10.1. The Morgan fingerprint density at radius 2 is 2.03 bits per heavy atom. The van der Waals surface area contributed by atoms with E-state index in [0.717, 1.165) is 30.6 Å². The molecule has 2 aromatic heterocycles. The van der Waals surface area contributed by atoms with E-state index in [1.807, 2.05) is 31.2 Å². The number of methoxy groups -OCH3 is 1. The first-order chi connectivity index (χ1) is 14.5. The summed E-state index contributed by atoms with van der Waals surface area (Å²) in [6.45, 7) is 2.37. The number of pyridine rings is 1. The van der Waals surface area contributed by atoms with Crippen LogP contribution in [0.15, 0.2) is 46.1 Å². The summed E-state index contributed by atoms with van der Waals surface area (Å²) in [5.41, 5.74) is 0.547. The molecule has 1 fully saturated rings. The third-order valence-corrected chi connectivity index (χ3v) is 5.40. The van der Waals surface area contributed by atoms with Crippen LogP contribution >= 0.6 is 0 Å². The Balaban J connectivity index is 1.65. The van der Waals surface area contributed by atoms with Crippen LogP contribution in [-0.4, -0.2) is 27.6 Å². The Morgan fingerprint density at radius 3 is 2.67 bits per heavy atom. The molecule has 1 aromatic carbocycles.